The molecule has 2 aromatic carbocycles. The van der Waals surface area contributed by atoms with Crippen LogP contribution in [0.2, 0.25) is 5.02 Å². The van der Waals surface area contributed by atoms with Crippen LogP contribution in [0.1, 0.15) is 24.1 Å². The number of carbonyl (C=O) groups is 1. The molecule has 0 aliphatic rings. The highest BCUT2D eigenvalue weighted by atomic mass is 35.5. The van der Waals surface area contributed by atoms with E-state index in [1.165, 1.54) is 6.92 Å². The summed E-state index contributed by atoms with van der Waals surface area (Å²) in [6, 6.07) is 14.0. The van der Waals surface area contributed by atoms with E-state index in [2.05, 4.69) is 10.3 Å². The molecule has 0 saturated carbocycles. The molecule has 23 heavy (non-hydrogen) atoms. The van der Waals surface area contributed by atoms with Crippen LogP contribution in [0.15, 0.2) is 54.7 Å². The lowest BCUT2D eigenvalue weighted by Crippen LogP contribution is -2.27. The molecule has 0 radical (unpaired) electrons. The molecule has 2 N–H and O–H groups in total. The van der Waals surface area contributed by atoms with Crippen LogP contribution in [-0.2, 0) is 4.79 Å². The third-order valence-electron chi connectivity index (χ3n) is 3.64. The van der Waals surface area contributed by atoms with E-state index in [9.17, 15) is 9.90 Å². The average molecular weight is 327 g/mol. The number of halogens is 1. The predicted molar refractivity (Wildman–Crippen MR) is 90.5 cm³/mol. The van der Waals surface area contributed by atoms with E-state index in [0.717, 1.165) is 10.9 Å². The Kier molecular flexibility index (Phi) is 4.17. The first-order valence-corrected chi connectivity index (χ1v) is 7.53. The van der Waals surface area contributed by atoms with Gasteiger partial charge >= 0.3 is 0 Å². The molecule has 0 aliphatic carbocycles. The maximum Gasteiger partial charge on any atom is 0.217 e. The first-order valence-electron chi connectivity index (χ1n) is 7.15. The van der Waals surface area contributed by atoms with Crippen molar-refractivity contribution in [2.24, 2.45) is 0 Å². The first-order chi connectivity index (χ1) is 11.1. The van der Waals surface area contributed by atoms with Crippen molar-refractivity contribution in [3.63, 3.8) is 0 Å². The van der Waals surface area contributed by atoms with Crippen molar-refractivity contribution in [3.8, 4) is 5.75 Å². The number of amides is 1. The van der Waals surface area contributed by atoms with Gasteiger partial charge in [-0.3, -0.25) is 9.78 Å². The van der Waals surface area contributed by atoms with E-state index in [0.29, 0.717) is 16.1 Å². The monoisotopic (exact) mass is 326 g/mol. The van der Waals surface area contributed by atoms with Crippen LogP contribution < -0.4 is 5.32 Å². The summed E-state index contributed by atoms with van der Waals surface area (Å²) in [5.74, 6) is -0.123. The molecule has 0 spiro atoms. The highest BCUT2D eigenvalue weighted by Gasteiger charge is 2.20. The number of benzene rings is 2. The van der Waals surface area contributed by atoms with Crippen molar-refractivity contribution in [1.29, 1.82) is 0 Å². The predicted octanol–water partition coefficient (Wildman–Crippen LogP) is 3.82. The molecular weight excluding hydrogens is 312 g/mol. The van der Waals surface area contributed by atoms with Crippen molar-refractivity contribution >= 4 is 28.4 Å². The summed E-state index contributed by atoms with van der Waals surface area (Å²) < 4.78 is 0. The molecule has 0 unspecified atom stereocenters. The Bertz CT molecular complexity index is 863. The third kappa shape index (κ3) is 3.12. The number of aromatic nitrogens is 1. The Morgan fingerprint density at radius 2 is 1.91 bits per heavy atom. The lowest BCUT2D eigenvalue weighted by Gasteiger charge is -2.20. The van der Waals surface area contributed by atoms with Crippen LogP contribution in [0, 0.1) is 0 Å². The highest BCUT2D eigenvalue weighted by molar-refractivity contribution is 6.30. The molecule has 1 amide bonds. The number of phenolic OH excluding ortho intramolecular Hbond substituents is 1. The van der Waals surface area contributed by atoms with Gasteiger partial charge in [-0.2, -0.15) is 0 Å². The average Bonchev–Trinajstić information content (AvgIpc) is 2.54. The van der Waals surface area contributed by atoms with E-state index in [1.807, 2.05) is 30.3 Å². The molecule has 3 rings (SSSR count). The van der Waals surface area contributed by atoms with Gasteiger partial charge in [0.05, 0.1) is 6.04 Å². The summed E-state index contributed by atoms with van der Waals surface area (Å²) in [5.41, 5.74) is 1.93. The minimum Gasteiger partial charge on any atom is -0.505 e. The second-order valence-corrected chi connectivity index (χ2v) is 5.70. The Morgan fingerprint density at radius 1 is 1.17 bits per heavy atom. The van der Waals surface area contributed by atoms with Gasteiger partial charge in [-0.1, -0.05) is 41.9 Å². The molecule has 1 aromatic heterocycles. The minimum atomic E-state index is -0.476. The number of pyridine rings is 1. The van der Waals surface area contributed by atoms with Crippen LogP contribution in [-0.4, -0.2) is 16.0 Å². The number of nitrogens with one attached hydrogen (secondary N) is 1. The fourth-order valence-electron chi connectivity index (χ4n) is 2.58. The Hall–Kier alpha value is -2.59. The quantitative estimate of drug-likeness (QED) is 0.769. The minimum absolute atomic E-state index is 0.0665. The number of hydrogen-bond acceptors (Lipinski definition) is 3. The summed E-state index contributed by atoms with van der Waals surface area (Å²) in [6.07, 6.45) is 1.63. The topological polar surface area (TPSA) is 62.2 Å². The van der Waals surface area contributed by atoms with Gasteiger partial charge in [0.2, 0.25) is 5.91 Å². The van der Waals surface area contributed by atoms with Crippen LogP contribution in [0.3, 0.4) is 0 Å². The van der Waals surface area contributed by atoms with Crippen molar-refractivity contribution in [1.82, 2.24) is 10.3 Å². The molecule has 0 fully saturated rings. The largest absolute Gasteiger partial charge is 0.505 e. The zero-order chi connectivity index (χ0) is 16.4. The van der Waals surface area contributed by atoms with Crippen LogP contribution in [0.5, 0.6) is 5.75 Å². The number of hydrogen-bond donors (Lipinski definition) is 2. The summed E-state index contributed by atoms with van der Waals surface area (Å²) in [5, 5.41) is 14.9. The third-order valence-corrected chi connectivity index (χ3v) is 3.89. The van der Waals surface area contributed by atoms with Gasteiger partial charge in [0.1, 0.15) is 11.3 Å². The van der Waals surface area contributed by atoms with Gasteiger partial charge in [-0.25, -0.2) is 0 Å². The maximum atomic E-state index is 11.6. The Morgan fingerprint density at radius 3 is 2.61 bits per heavy atom. The fourth-order valence-corrected chi connectivity index (χ4v) is 2.70. The molecular formula is C18H15ClN2O2. The van der Waals surface area contributed by atoms with Crippen LogP contribution in [0.25, 0.3) is 10.9 Å². The Balaban J connectivity index is 2.14. The summed E-state index contributed by atoms with van der Waals surface area (Å²) in [7, 11) is 0. The first kappa shape index (κ1) is 15.3. The standard InChI is InChI=1S/C18H15ClN2O2/c1-11(22)21-16(13-4-7-14(19)8-5-13)15-9-6-12-3-2-10-20-17(12)18(15)23/h2-10,16,23H,1H3,(H,21,22)/t16-/m1/s1. The molecule has 3 aromatic rings. The lowest BCUT2D eigenvalue weighted by molar-refractivity contribution is -0.119. The second kappa shape index (κ2) is 6.26. The molecule has 1 heterocycles. The second-order valence-electron chi connectivity index (χ2n) is 5.26. The number of fused-ring (bicyclic) bond motifs is 1. The zero-order valence-corrected chi connectivity index (χ0v) is 13.2. The molecule has 5 heteroatoms. The van der Waals surface area contributed by atoms with Gasteiger partial charge in [0, 0.05) is 29.1 Å². The smallest absolute Gasteiger partial charge is 0.217 e. The number of nitrogens with zero attached hydrogens (tertiary/aromatic N) is 1. The summed E-state index contributed by atoms with van der Waals surface area (Å²) in [4.78, 5) is 15.8. The van der Waals surface area contributed by atoms with Crippen molar-refractivity contribution in [2.75, 3.05) is 0 Å². The van der Waals surface area contributed by atoms with Crippen molar-refractivity contribution in [3.05, 3.63) is 70.9 Å². The lowest BCUT2D eigenvalue weighted by atomic mass is 9.96. The maximum absolute atomic E-state index is 11.6. The summed E-state index contributed by atoms with van der Waals surface area (Å²) in [6.45, 7) is 1.44. The van der Waals surface area contributed by atoms with Gasteiger partial charge < -0.3 is 10.4 Å². The Labute approximate surface area is 138 Å². The van der Waals surface area contributed by atoms with Crippen molar-refractivity contribution in [2.45, 2.75) is 13.0 Å². The molecule has 0 saturated heterocycles. The molecule has 4 nitrogen and oxygen atoms in total. The number of rotatable bonds is 3. The van der Waals surface area contributed by atoms with Crippen LogP contribution in [0.4, 0.5) is 0 Å². The van der Waals surface area contributed by atoms with Gasteiger partial charge in [-0.15, -0.1) is 0 Å². The van der Waals surface area contributed by atoms with Crippen molar-refractivity contribution < 1.29 is 9.90 Å². The van der Waals surface area contributed by atoms with Gasteiger partial charge in [-0.05, 0) is 23.8 Å². The van der Waals surface area contributed by atoms with Gasteiger partial charge in [0.25, 0.3) is 0 Å². The SMILES string of the molecule is CC(=O)N[C@H](c1ccc(Cl)cc1)c1ccc2cccnc2c1O. The van der Waals surface area contributed by atoms with E-state index in [-0.39, 0.29) is 11.7 Å². The normalized spacial score (nSPS) is 12.1. The van der Waals surface area contributed by atoms with E-state index in [4.69, 9.17) is 11.6 Å². The van der Waals surface area contributed by atoms with Gasteiger partial charge in [0.15, 0.2) is 0 Å². The molecule has 0 bridgehead atoms. The number of carbonyl (C=O) groups excluding carboxylic acids is 1. The zero-order valence-electron chi connectivity index (χ0n) is 12.5. The highest BCUT2D eigenvalue weighted by Crippen LogP contribution is 2.34. The molecule has 0 aliphatic heterocycles. The van der Waals surface area contributed by atoms with Crippen LogP contribution >= 0.6 is 11.6 Å². The molecule has 1 atom stereocenters. The number of phenols is 1. The van der Waals surface area contributed by atoms with E-state index >= 15 is 0 Å². The fraction of sp³-hybridized carbons (Fsp3) is 0.111. The molecule has 116 valence electrons. The number of aromatic hydroxyl groups is 1. The van der Waals surface area contributed by atoms with E-state index in [1.54, 1.807) is 24.4 Å². The summed E-state index contributed by atoms with van der Waals surface area (Å²) >= 11 is 5.93. The van der Waals surface area contributed by atoms with E-state index < -0.39 is 6.04 Å².